The van der Waals surface area contributed by atoms with Crippen LogP contribution in [0.4, 0.5) is 11.5 Å². The standard InChI is InChI=1S/C21H20N4O3/c1-14(15-8-4-3-5-9-15)22-20(26)18-12-13-19(25-24-18)23-17-11-7-6-10-16(17)21(27)28-2/h3-14H,1-2H3,(H,22,26)(H,23,25). The third-order valence-corrected chi connectivity index (χ3v) is 4.14. The molecule has 7 nitrogen and oxygen atoms in total. The molecular weight excluding hydrogens is 356 g/mol. The molecule has 1 unspecified atom stereocenters. The number of rotatable bonds is 6. The van der Waals surface area contributed by atoms with Gasteiger partial charge in [0.1, 0.15) is 0 Å². The molecule has 3 aromatic rings. The van der Waals surface area contributed by atoms with Crippen LogP contribution in [0.3, 0.4) is 0 Å². The molecule has 0 aliphatic carbocycles. The Labute approximate surface area is 162 Å². The molecule has 0 aliphatic heterocycles. The highest BCUT2D eigenvalue weighted by Gasteiger charge is 2.14. The SMILES string of the molecule is COC(=O)c1ccccc1Nc1ccc(C(=O)NC(C)c2ccccc2)nn1. The van der Waals surface area contributed by atoms with E-state index in [0.717, 1.165) is 5.56 Å². The van der Waals surface area contributed by atoms with E-state index >= 15 is 0 Å². The van der Waals surface area contributed by atoms with E-state index in [2.05, 4.69) is 20.8 Å². The number of carbonyl (C=O) groups is 2. The van der Waals surface area contributed by atoms with Crippen molar-refractivity contribution in [2.75, 3.05) is 12.4 Å². The molecule has 0 spiro atoms. The number of nitrogens with one attached hydrogen (secondary N) is 2. The molecule has 0 aliphatic rings. The Morgan fingerprint density at radius 2 is 1.64 bits per heavy atom. The number of hydrogen-bond donors (Lipinski definition) is 2. The summed E-state index contributed by atoms with van der Waals surface area (Å²) in [6.07, 6.45) is 0. The molecule has 0 saturated heterocycles. The van der Waals surface area contributed by atoms with E-state index in [-0.39, 0.29) is 17.6 Å². The number of para-hydroxylation sites is 1. The molecule has 1 aromatic heterocycles. The number of amides is 1. The van der Waals surface area contributed by atoms with Gasteiger partial charge in [0.25, 0.3) is 5.91 Å². The van der Waals surface area contributed by atoms with Gasteiger partial charge in [0.15, 0.2) is 11.5 Å². The maximum atomic E-state index is 12.4. The summed E-state index contributed by atoms with van der Waals surface area (Å²) in [5, 5.41) is 13.9. The minimum absolute atomic E-state index is 0.153. The minimum atomic E-state index is -0.457. The van der Waals surface area contributed by atoms with Crippen LogP contribution in [0, 0.1) is 0 Å². The van der Waals surface area contributed by atoms with Crippen LogP contribution in [-0.4, -0.2) is 29.2 Å². The Bertz CT molecular complexity index is 959. The molecule has 2 aromatic carbocycles. The van der Waals surface area contributed by atoms with E-state index in [1.807, 2.05) is 37.3 Å². The molecule has 0 saturated carbocycles. The first-order valence-corrected chi connectivity index (χ1v) is 8.72. The predicted octanol–water partition coefficient (Wildman–Crippen LogP) is 3.50. The average molecular weight is 376 g/mol. The summed E-state index contributed by atoms with van der Waals surface area (Å²) in [5.74, 6) is -0.365. The molecule has 2 N–H and O–H groups in total. The van der Waals surface area contributed by atoms with Crippen LogP contribution >= 0.6 is 0 Å². The number of nitrogens with zero attached hydrogens (tertiary/aromatic N) is 2. The normalized spacial score (nSPS) is 11.4. The molecule has 0 fully saturated rings. The third-order valence-electron chi connectivity index (χ3n) is 4.14. The molecule has 142 valence electrons. The Kier molecular flexibility index (Phi) is 5.96. The van der Waals surface area contributed by atoms with Crippen LogP contribution < -0.4 is 10.6 Å². The number of carbonyl (C=O) groups excluding carboxylic acids is 2. The van der Waals surface area contributed by atoms with Crippen molar-refractivity contribution in [2.45, 2.75) is 13.0 Å². The summed E-state index contributed by atoms with van der Waals surface area (Å²) in [7, 11) is 1.32. The zero-order chi connectivity index (χ0) is 19.9. The van der Waals surface area contributed by atoms with Gasteiger partial charge >= 0.3 is 5.97 Å². The van der Waals surface area contributed by atoms with Gasteiger partial charge in [0, 0.05) is 0 Å². The van der Waals surface area contributed by atoms with E-state index in [4.69, 9.17) is 4.74 Å². The lowest BCUT2D eigenvalue weighted by Gasteiger charge is -2.14. The third kappa shape index (κ3) is 4.50. The van der Waals surface area contributed by atoms with E-state index in [1.165, 1.54) is 7.11 Å². The maximum Gasteiger partial charge on any atom is 0.339 e. The number of esters is 1. The van der Waals surface area contributed by atoms with Gasteiger partial charge in [-0.1, -0.05) is 42.5 Å². The summed E-state index contributed by atoms with van der Waals surface area (Å²) < 4.78 is 4.77. The smallest absolute Gasteiger partial charge is 0.339 e. The van der Waals surface area contributed by atoms with Crippen molar-refractivity contribution >= 4 is 23.4 Å². The van der Waals surface area contributed by atoms with Crippen LogP contribution in [0.1, 0.15) is 39.4 Å². The first kappa shape index (κ1) is 19.0. The number of anilines is 2. The molecule has 7 heteroatoms. The zero-order valence-electron chi connectivity index (χ0n) is 15.5. The fourth-order valence-corrected chi connectivity index (χ4v) is 2.63. The summed E-state index contributed by atoms with van der Waals surface area (Å²) >= 11 is 0. The van der Waals surface area contributed by atoms with Crippen molar-refractivity contribution < 1.29 is 14.3 Å². The highest BCUT2D eigenvalue weighted by molar-refractivity contribution is 5.96. The Morgan fingerprint density at radius 1 is 0.929 bits per heavy atom. The van der Waals surface area contributed by atoms with Crippen molar-refractivity contribution in [1.29, 1.82) is 0 Å². The van der Waals surface area contributed by atoms with Gasteiger partial charge < -0.3 is 15.4 Å². The minimum Gasteiger partial charge on any atom is -0.465 e. The van der Waals surface area contributed by atoms with Gasteiger partial charge in [-0.05, 0) is 36.8 Å². The quantitative estimate of drug-likeness (QED) is 0.640. The molecule has 0 bridgehead atoms. The van der Waals surface area contributed by atoms with Crippen LogP contribution in [-0.2, 0) is 4.74 Å². The predicted molar refractivity (Wildman–Crippen MR) is 105 cm³/mol. The van der Waals surface area contributed by atoms with Crippen molar-refractivity contribution in [3.05, 3.63) is 83.6 Å². The Balaban J connectivity index is 1.69. The second-order valence-electron chi connectivity index (χ2n) is 6.07. The first-order chi connectivity index (χ1) is 13.6. The van der Waals surface area contributed by atoms with Crippen LogP contribution in [0.5, 0.6) is 0 Å². The van der Waals surface area contributed by atoms with E-state index in [0.29, 0.717) is 17.1 Å². The van der Waals surface area contributed by atoms with Gasteiger partial charge in [-0.2, -0.15) is 0 Å². The van der Waals surface area contributed by atoms with E-state index in [1.54, 1.807) is 36.4 Å². The molecule has 1 atom stereocenters. The molecule has 28 heavy (non-hydrogen) atoms. The van der Waals surface area contributed by atoms with Crippen molar-refractivity contribution in [3.8, 4) is 0 Å². The van der Waals surface area contributed by atoms with Gasteiger partial charge in [-0.3, -0.25) is 4.79 Å². The van der Waals surface area contributed by atoms with Crippen molar-refractivity contribution in [2.24, 2.45) is 0 Å². The highest BCUT2D eigenvalue weighted by Crippen LogP contribution is 2.20. The number of hydrogen-bond acceptors (Lipinski definition) is 6. The largest absolute Gasteiger partial charge is 0.465 e. The lowest BCUT2D eigenvalue weighted by molar-refractivity contribution is 0.0601. The number of aromatic nitrogens is 2. The summed E-state index contributed by atoms with van der Waals surface area (Å²) in [6, 6.07) is 19.6. The first-order valence-electron chi connectivity index (χ1n) is 8.72. The van der Waals surface area contributed by atoms with Gasteiger partial charge in [-0.15, -0.1) is 10.2 Å². The lowest BCUT2D eigenvalue weighted by atomic mass is 10.1. The summed E-state index contributed by atoms with van der Waals surface area (Å²) in [5.41, 5.74) is 2.12. The lowest BCUT2D eigenvalue weighted by Crippen LogP contribution is -2.27. The fourth-order valence-electron chi connectivity index (χ4n) is 2.63. The molecule has 0 radical (unpaired) electrons. The Morgan fingerprint density at radius 3 is 2.32 bits per heavy atom. The topological polar surface area (TPSA) is 93.2 Å². The second-order valence-corrected chi connectivity index (χ2v) is 6.07. The van der Waals surface area contributed by atoms with E-state index < -0.39 is 5.97 Å². The van der Waals surface area contributed by atoms with Gasteiger partial charge in [0.05, 0.1) is 24.4 Å². The molecule has 1 heterocycles. The van der Waals surface area contributed by atoms with Crippen molar-refractivity contribution in [1.82, 2.24) is 15.5 Å². The number of benzene rings is 2. The van der Waals surface area contributed by atoms with E-state index in [9.17, 15) is 9.59 Å². The summed E-state index contributed by atoms with van der Waals surface area (Å²) in [6.45, 7) is 1.90. The highest BCUT2D eigenvalue weighted by atomic mass is 16.5. The monoisotopic (exact) mass is 376 g/mol. The second kappa shape index (κ2) is 8.77. The average Bonchev–Trinajstić information content (AvgIpc) is 2.74. The molecular formula is C21H20N4O3. The maximum absolute atomic E-state index is 12.4. The van der Waals surface area contributed by atoms with Crippen LogP contribution in [0.2, 0.25) is 0 Å². The summed E-state index contributed by atoms with van der Waals surface area (Å²) in [4.78, 5) is 24.2. The zero-order valence-corrected chi connectivity index (χ0v) is 15.5. The van der Waals surface area contributed by atoms with Gasteiger partial charge in [-0.25, -0.2) is 4.79 Å². The number of ether oxygens (including phenoxy) is 1. The fraction of sp³-hybridized carbons (Fsp3) is 0.143. The van der Waals surface area contributed by atoms with Gasteiger partial charge in [0.2, 0.25) is 0 Å². The Hall–Kier alpha value is -3.74. The number of methoxy groups -OCH3 is 1. The molecule has 3 rings (SSSR count). The van der Waals surface area contributed by atoms with Crippen LogP contribution in [0.15, 0.2) is 66.7 Å². The van der Waals surface area contributed by atoms with Crippen LogP contribution in [0.25, 0.3) is 0 Å². The van der Waals surface area contributed by atoms with Crippen molar-refractivity contribution in [3.63, 3.8) is 0 Å². The molecule has 1 amide bonds.